The van der Waals surface area contributed by atoms with Crippen LogP contribution in [-0.2, 0) is 14.3 Å². The van der Waals surface area contributed by atoms with Crippen molar-refractivity contribution in [2.24, 2.45) is 0 Å². The summed E-state index contributed by atoms with van der Waals surface area (Å²) in [4.78, 5) is 26.1. The van der Waals surface area contributed by atoms with E-state index in [1.54, 1.807) is 0 Å². The van der Waals surface area contributed by atoms with Crippen molar-refractivity contribution in [3.63, 3.8) is 0 Å². The Bertz CT molecular complexity index is 1050. The Hall–Kier alpha value is -2.18. The van der Waals surface area contributed by atoms with Crippen LogP contribution < -0.4 is 5.32 Å². The summed E-state index contributed by atoms with van der Waals surface area (Å²) < 4.78 is 5.90. The van der Waals surface area contributed by atoms with Crippen molar-refractivity contribution >= 4 is 11.9 Å². The van der Waals surface area contributed by atoms with Crippen LogP contribution in [0, 0.1) is 0 Å². The van der Waals surface area contributed by atoms with Crippen LogP contribution in [0.15, 0.2) is 48.6 Å². The minimum absolute atomic E-state index is 0.0481. The Balaban J connectivity index is 4.52. The van der Waals surface area contributed by atoms with E-state index in [2.05, 4.69) is 74.7 Å². The Morgan fingerprint density at radius 2 is 0.902 bits per heavy atom. The number of aliphatic hydroxyl groups is 2. The predicted octanol–water partition coefficient (Wildman–Crippen LogP) is 15.8. The monoisotopic (exact) mass is 856 g/mol. The zero-order valence-electron chi connectivity index (χ0n) is 40.5. The van der Waals surface area contributed by atoms with E-state index < -0.39 is 18.2 Å². The lowest BCUT2D eigenvalue weighted by atomic mass is 10.0. The molecule has 0 aliphatic carbocycles. The lowest BCUT2D eigenvalue weighted by molar-refractivity contribution is -0.151. The van der Waals surface area contributed by atoms with Gasteiger partial charge in [-0.3, -0.25) is 9.59 Å². The van der Waals surface area contributed by atoms with Gasteiger partial charge in [0.2, 0.25) is 5.91 Å². The molecule has 0 saturated carbocycles. The molecule has 0 rings (SSSR count). The van der Waals surface area contributed by atoms with Crippen molar-refractivity contribution in [3.05, 3.63) is 48.6 Å². The second-order valence-corrected chi connectivity index (χ2v) is 17.9. The molecule has 0 aromatic rings. The highest BCUT2D eigenvalue weighted by molar-refractivity contribution is 5.77. The van der Waals surface area contributed by atoms with Gasteiger partial charge in [-0.1, -0.05) is 223 Å². The Labute approximate surface area is 378 Å². The fraction of sp³-hybridized carbons (Fsp3) is 0.818. The lowest BCUT2D eigenvalue weighted by Gasteiger charge is -2.24. The van der Waals surface area contributed by atoms with E-state index in [9.17, 15) is 19.8 Å². The molecular weight excluding hydrogens is 755 g/mol. The molecule has 6 heteroatoms. The number of carbonyl (C=O) groups excluding carboxylic acids is 2. The number of amides is 1. The maximum Gasteiger partial charge on any atom is 0.306 e. The number of hydrogen-bond acceptors (Lipinski definition) is 5. The number of hydrogen-bond donors (Lipinski definition) is 3. The van der Waals surface area contributed by atoms with Crippen LogP contribution in [0.3, 0.4) is 0 Å². The first-order valence-corrected chi connectivity index (χ1v) is 26.4. The summed E-state index contributed by atoms with van der Waals surface area (Å²) in [5.41, 5.74) is 0. The van der Waals surface area contributed by atoms with Gasteiger partial charge in [-0.25, -0.2) is 0 Å². The highest BCUT2D eigenvalue weighted by Gasteiger charge is 2.24. The van der Waals surface area contributed by atoms with E-state index in [1.165, 1.54) is 128 Å². The molecule has 0 radical (unpaired) electrons. The summed E-state index contributed by atoms with van der Waals surface area (Å²) in [6.07, 6.45) is 58.9. The van der Waals surface area contributed by atoms with E-state index >= 15 is 0 Å². The van der Waals surface area contributed by atoms with Crippen molar-refractivity contribution in [1.82, 2.24) is 5.32 Å². The van der Waals surface area contributed by atoms with Crippen molar-refractivity contribution < 1.29 is 24.5 Å². The van der Waals surface area contributed by atoms with Crippen LogP contribution in [0.25, 0.3) is 0 Å². The highest BCUT2D eigenvalue weighted by atomic mass is 16.5. The fourth-order valence-corrected chi connectivity index (χ4v) is 7.92. The molecule has 6 nitrogen and oxygen atoms in total. The van der Waals surface area contributed by atoms with Gasteiger partial charge < -0.3 is 20.3 Å². The molecule has 0 aromatic carbocycles. The van der Waals surface area contributed by atoms with E-state index in [0.717, 1.165) is 89.9 Å². The summed E-state index contributed by atoms with van der Waals surface area (Å²) in [6, 6.07) is -0.714. The Morgan fingerprint density at radius 3 is 1.39 bits per heavy atom. The number of allylic oxidation sites excluding steroid dienone is 8. The molecule has 1 amide bonds. The van der Waals surface area contributed by atoms with Gasteiger partial charge in [0.1, 0.15) is 6.10 Å². The first-order valence-electron chi connectivity index (χ1n) is 26.4. The molecule has 0 aliphatic heterocycles. The molecule has 0 heterocycles. The summed E-state index contributed by atoms with van der Waals surface area (Å²) >= 11 is 0. The van der Waals surface area contributed by atoms with Crippen LogP contribution >= 0.6 is 0 Å². The first kappa shape index (κ1) is 58.8. The molecule has 0 bridgehead atoms. The van der Waals surface area contributed by atoms with Crippen LogP contribution in [0.4, 0.5) is 0 Å². The van der Waals surface area contributed by atoms with Gasteiger partial charge in [-0.2, -0.15) is 0 Å². The van der Waals surface area contributed by atoms with Crippen LogP contribution in [-0.4, -0.2) is 46.9 Å². The van der Waals surface area contributed by atoms with Crippen LogP contribution in [0.1, 0.15) is 265 Å². The first-order chi connectivity index (χ1) is 30.0. The fourth-order valence-electron chi connectivity index (χ4n) is 7.92. The minimum Gasteiger partial charge on any atom is -0.462 e. The molecule has 0 aliphatic rings. The maximum atomic E-state index is 13.2. The van der Waals surface area contributed by atoms with E-state index in [1.807, 2.05) is 0 Å². The number of nitrogens with one attached hydrogen (secondary N) is 1. The standard InChI is InChI=1S/C55H101NO5/c1-4-7-10-13-16-19-22-24-26-27-28-29-32-35-38-41-44-47-53(58)52(50-57)56-54(59)49-51(46-43-40-37-34-31-21-18-15-12-9-6-3)61-55(60)48-45-42-39-36-33-30-25-23-20-17-14-11-8-5-2/h8,11,17,20,25,30,34,37,51-53,57-58H,4-7,9-10,12-16,18-19,21-24,26-29,31-33,35-36,38-50H2,1-3H3,(H,56,59)/b11-8+,20-17+,30-25+,37-34-. The number of aliphatic hydroxyl groups excluding tert-OH is 2. The minimum atomic E-state index is -0.798. The molecule has 0 saturated heterocycles. The largest absolute Gasteiger partial charge is 0.462 e. The van der Waals surface area contributed by atoms with Crippen molar-refractivity contribution in [2.45, 2.75) is 283 Å². The third-order valence-electron chi connectivity index (χ3n) is 11.9. The second kappa shape index (κ2) is 48.8. The summed E-state index contributed by atoms with van der Waals surface area (Å²) in [5.74, 6) is -0.525. The molecule has 3 unspecified atom stereocenters. The quantitative estimate of drug-likeness (QED) is 0.0322. The zero-order chi connectivity index (χ0) is 44.5. The number of carbonyl (C=O) groups is 2. The second-order valence-electron chi connectivity index (χ2n) is 17.9. The molecule has 61 heavy (non-hydrogen) atoms. The van der Waals surface area contributed by atoms with E-state index in [0.29, 0.717) is 19.3 Å². The highest BCUT2D eigenvalue weighted by Crippen LogP contribution is 2.17. The van der Waals surface area contributed by atoms with Crippen molar-refractivity contribution in [1.29, 1.82) is 0 Å². The van der Waals surface area contributed by atoms with Gasteiger partial charge in [-0.05, 0) is 77.0 Å². The molecule has 0 fully saturated rings. The Morgan fingerprint density at radius 1 is 0.492 bits per heavy atom. The molecular formula is C55H101NO5. The van der Waals surface area contributed by atoms with E-state index in [4.69, 9.17) is 4.74 Å². The average molecular weight is 856 g/mol. The summed E-state index contributed by atoms with van der Waals surface area (Å²) in [5, 5.41) is 23.8. The number of ether oxygens (including phenoxy) is 1. The lowest BCUT2D eigenvalue weighted by Crippen LogP contribution is -2.46. The molecule has 356 valence electrons. The molecule has 0 spiro atoms. The SMILES string of the molecule is CC/C=C/C/C=C/C/C=C/CCCCCCC(=O)OC(CCC/C=C\CCCCCCCC)CC(=O)NC(CO)C(O)CCCCCCCCCCCCCCCCCCC. The molecule has 0 aromatic heterocycles. The summed E-state index contributed by atoms with van der Waals surface area (Å²) in [6.45, 7) is 6.36. The maximum absolute atomic E-state index is 13.2. The van der Waals surface area contributed by atoms with Gasteiger partial charge in [-0.15, -0.1) is 0 Å². The zero-order valence-corrected chi connectivity index (χ0v) is 40.5. The number of esters is 1. The number of rotatable bonds is 47. The van der Waals surface area contributed by atoms with E-state index in [-0.39, 0.29) is 24.9 Å². The van der Waals surface area contributed by atoms with Crippen molar-refractivity contribution in [3.8, 4) is 0 Å². The molecule has 3 N–H and O–H groups in total. The van der Waals surface area contributed by atoms with Crippen LogP contribution in [0.2, 0.25) is 0 Å². The van der Waals surface area contributed by atoms with Crippen LogP contribution in [0.5, 0.6) is 0 Å². The Kier molecular flexibility index (Phi) is 47.1. The van der Waals surface area contributed by atoms with Gasteiger partial charge in [0.15, 0.2) is 0 Å². The van der Waals surface area contributed by atoms with Gasteiger partial charge >= 0.3 is 5.97 Å². The molecule has 3 atom stereocenters. The van der Waals surface area contributed by atoms with Gasteiger partial charge in [0, 0.05) is 6.42 Å². The topological polar surface area (TPSA) is 95.9 Å². The third-order valence-corrected chi connectivity index (χ3v) is 11.9. The van der Waals surface area contributed by atoms with Gasteiger partial charge in [0.25, 0.3) is 0 Å². The predicted molar refractivity (Wildman–Crippen MR) is 264 cm³/mol. The summed E-state index contributed by atoms with van der Waals surface area (Å²) in [7, 11) is 0. The average Bonchev–Trinajstić information content (AvgIpc) is 3.25. The van der Waals surface area contributed by atoms with Crippen molar-refractivity contribution in [2.75, 3.05) is 6.61 Å². The normalized spacial score (nSPS) is 13.6. The smallest absolute Gasteiger partial charge is 0.306 e. The van der Waals surface area contributed by atoms with Gasteiger partial charge in [0.05, 0.1) is 25.2 Å². The third kappa shape index (κ3) is 44.2. The number of unbranched alkanes of at least 4 members (excludes halogenated alkanes) is 27.